The molecule has 0 aliphatic heterocycles. The largest absolute Gasteiger partial charge is 0.493 e. The highest BCUT2D eigenvalue weighted by Crippen LogP contribution is 2.20. The highest BCUT2D eigenvalue weighted by atomic mass is 32.2. The number of nitrogens with one attached hydrogen (secondary N) is 1. The minimum Gasteiger partial charge on any atom is -0.493 e. The number of aryl methyl sites for hydroxylation is 1. The molecule has 3 aromatic carbocycles. The lowest BCUT2D eigenvalue weighted by atomic mass is 10.1. The van der Waals surface area contributed by atoms with E-state index in [-0.39, 0.29) is 4.90 Å². The van der Waals surface area contributed by atoms with Crippen molar-refractivity contribution in [3.05, 3.63) is 96.1 Å². The molecule has 0 aliphatic carbocycles. The molecule has 1 atom stereocenters. The molecule has 0 spiro atoms. The summed E-state index contributed by atoms with van der Waals surface area (Å²) < 4.78 is 33.4. The number of nitriles is 1. The van der Waals surface area contributed by atoms with Crippen LogP contribution in [0.3, 0.4) is 0 Å². The Balaban J connectivity index is 1.54. The number of ether oxygens (including phenoxy) is 1. The third-order valence-corrected chi connectivity index (χ3v) is 6.25. The van der Waals surface area contributed by atoms with Gasteiger partial charge < -0.3 is 9.84 Å². The Morgan fingerprint density at radius 3 is 2.58 bits per heavy atom. The fourth-order valence-corrected chi connectivity index (χ4v) is 4.24. The summed E-state index contributed by atoms with van der Waals surface area (Å²) in [6.45, 7) is 0.325. The monoisotopic (exact) mass is 462 g/mol. The average molecular weight is 463 g/mol. The molecule has 0 fully saturated rings. The number of rotatable bonds is 11. The van der Waals surface area contributed by atoms with E-state index in [2.05, 4.69) is 10.8 Å². The Morgan fingerprint density at radius 2 is 1.79 bits per heavy atom. The van der Waals surface area contributed by atoms with Gasteiger partial charge in [-0.05, 0) is 47.9 Å². The molecule has 0 unspecified atom stereocenters. The van der Waals surface area contributed by atoms with Crippen LogP contribution in [-0.4, -0.2) is 26.2 Å². The van der Waals surface area contributed by atoms with Crippen LogP contribution in [0.1, 0.15) is 24.0 Å². The van der Waals surface area contributed by atoms with E-state index in [1.54, 1.807) is 48.6 Å². The van der Waals surface area contributed by atoms with Crippen molar-refractivity contribution in [2.45, 2.75) is 30.3 Å². The zero-order chi connectivity index (χ0) is 23.5. The molecule has 2 N–H and O–H groups in total. The zero-order valence-corrected chi connectivity index (χ0v) is 18.9. The summed E-state index contributed by atoms with van der Waals surface area (Å²) in [4.78, 5) is 0.190. The maximum absolute atomic E-state index is 12.5. The van der Waals surface area contributed by atoms with Crippen molar-refractivity contribution < 1.29 is 18.3 Å². The summed E-state index contributed by atoms with van der Waals surface area (Å²) in [5, 5.41) is 19.1. The van der Waals surface area contributed by atoms with Crippen LogP contribution >= 0.6 is 0 Å². The lowest BCUT2D eigenvalue weighted by molar-refractivity contribution is 0.178. The molecule has 0 saturated heterocycles. The summed E-state index contributed by atoms with van der Waals surface area (Å²) in [6, 6.07) is 24.8. The number of anilines is 1. The van der Waals surface area contributed by atoms with Crippen LogP contribution in [-0.2, 0) is 16.4 Å². The van der Waals surface area contributed by atoms with E-state index in [0.29, 0.717) is 31.6 Å². The predicted molar refractivity (Wildman–Crippen MR) is 129 cm³/mol. The van der Waals surface area contributed by atoms with Crippen LogP contribution in [0.15, 0.2) is 89.8 Å². The molecule has 3 rings (SSSR count). The van der Waals surface area contributed by atoms with E-state index in [1.807, 2.05) is 30.3 Å². The maximum atomic E-state index is 12.5. The first-order chi connectivity index (χ1) is 16.0. The fraction of sp³-hybridized carbons (Fsp3) is 0.192. The van der Waals surface area contributed by atoms with E-state index in [0.717, 1.165) is 16.9 Å². The van der Waals surface area contributed by atoms with Crippen molar-refractivity contribution in [2.24, 2.45) is 0 Å². The smallest absolute Gasteiger partial charge is 0.261 e. The second kappa shape index (κ2) is 11.9. The Bertz CT molecular complexity index is 1220. The van der Waals surface area contributed by atoms with Gasteiger partial charge in [-0.25, -0.2) is 8.42 Å². The normalized spacial score (nSPS) is 12.2. The number of aliphatic hydroxyl groups excluding tert-OH is 1. The highest BCUT2D eigenvalue weighted by Gasteiger charge is 2.13. The first kappa shape index (κ1) is 24.1. The molecule has 0 bridgehead atoms. The molecule has 170 valence electrons. The van der Waals surface area contributed by atoms with Gasteiger partial charge in [-0.15, -0.1) is 0 Å². The Kier molecular flexibility index (Phi) is 8.64. The van der Waals surface area contributed by atoms with E-state index >= 15 is 0 Å². The van der Waals surface area contributed by atoms with Gasteiger partial charge in [0.25, 0.3) is 10.0 Å². The molecule has 0 saturated carbocycles. The van der Waals surface area contributed by atoms with Gasteiger partial charge in [-0.1, -0.05) is 60.7 Å². The fourth-order valence-electron chi connectivity index (χ4n) is 3.17. The van der Waals surface area contributed by atoms with E-state index in [1.165, 1.54) is 12.1 Å². The van der Waals surface area contributed by atoms with Gasteiger partial charge in [0.05, 0.1) is 23.7 Å². The van der Waals surface area contributed by atoms with Crippen LogP contribution in [0, 0.1) is 11.3 Å². The van der Waals surface area contributed by atoms with Crippen molar-refractivity contribution in [2.75, 3.05) is 11.3 Å². The van der Waals surface area contributed by atoms with Crippen molar-refractivity contribution >= 4 is 21.8 Å². The van der Waals surface area contributed by atoms with Gasteiger partial charge in [0.1, 0.15) is 5.75 Å². The van der Waals surface area contributed by atoms with Gasteiger partial charge in [0.2, 0.25) is 0 Å². The molecule has 0 heterocycles. The lowest BCUT2D eigenvalue weighted by Crippen LogP contribution is -2.12. The van der Waals surface area contributed by atoms with Crippen LogP contribution in [0.2, 0.25) is 0 Å². The number of benzene rings is 3. The maximum Gasteiger partial charge on any atom is 0.261 e. The van der Waals surface area contributed by atoms with Crippen LogP contribution in [0.5, 0.6) is 5.75 Å². The van der Waals surface area contributed by atoms with Gasteiger partial charge in [-0.3, -0.25) is 4.72 Å². The first-order valence-corrected chi connectivity index (χ1v) is 12.1. The molecule has 3 aromatic rings. The Hall–Kier alpha value is -3.60. The van der Waals surface area contributed by atoms with Crippen molar-refractivity contribution in [3.63, 3.8) is 0 Å². The molecule has 7 heteroatoms. The number of aliphatic hydroxyl groups is 1. The minimum atomic E-state index is -3.67. The molecule has 0 radical (unpaired) electrons. The van der Waals surface area contributed by atoms with Crippen LogP contribution in [0.25, 0.3) is 6.08 Å². The second-order valence-electron chi connectivity index (χ2n) is 7.37. The summed E-state index contributed by atoms with van der Waals surface area (Å²) in [7, 11) is -3.67. The molecule has 0 aromatic heterocycles. The van der Waals surface area contributed by atoms with Gasteiger partial charge in [0.15, 0.2) is 0 Å². The molecule has 0 amide bonds. The minimum absolute atomic E-state index is 0.190. The molecule has 0 aliphatic rings. The van der Waals surface area contributed by atoms with Crippen LogP contribution in [0.4, 0.5) is 5.69 Å². The zero-order valence-electron chi connectivity index (χ0n) is 18.1. The third-order valence-electron chi connectivity index (χ3n) is 4.85. The molecular weight excluding hydrogens is 436 g/mol. The topological polar surface area (TPSA) is 99.4 Å². The van der Waals surface area contributed by atoms with Gasteiger partial charge in [-0.2, -0.15) is 5.26 Å². The number of sulfonamides is 1. The summed E-state index contributed by atoms with van der Waals surface area (Å²) in [6.07, 6.45) is 4.11. The average Bonchev–Trinajstić information content (AvgIpc) is 2.83. The molecule has 6 nitrogen and oxygen atoms in total. The van der Waals surface area contributed by atoms with Gasteiger partial charge >= 0.3 is 0 Å². The van der Waals surface area contributed by atoms with Crippen LogP contribution < -0.4 is 9.46 Å². The lowest BCUT2D eigenvalue weighted by Gasteiger charge is -2.12. The SMILES string of the molecule is N#CCCc1ccccc1OCC[C@@H](O)/C=C/c1cccc(NS(=O)(=O)c2ccccc2)c1. The molecular formula is C26H26N2O4S. The number of nitrogens with zero attached hydrogens (tertiary/aromatic N) is 1. The first-order valence-electron chi connectivity index (χ1n) is 10.6. The van der Waals surface area contributed by atoms with Crippen molar-refractivity contribution in [1.82, 2.24) is 0 Å². The van der Waals surface area contributed by atoms with Gasteiger partial charge in [0, 0.05) is 18.5 Å². The number of para-hydroxylation sites is 1. The predicted octanol–water partition coefficient (Wildman–Crippen LogP) is 4.79. The van der Waals surface area contributed by atoms with E-state index < -0.39 is 16.1 Å². The van der Waals surface area contributed by atoms with Crippen molar-refractivity contribution in [1.29, 1.82) is 5.26 Å². The Labute approximate surface area is 194 Å². The van der Waals surface area contributed by atoms with E-state index in [4.69, 9.17) is 10.00 Å². The summed E-state index contributed by atoms with van der Waals surface area (Å²) >= 11 is 0. The van der Waals surface area contributed by atoms with Crippen molar-refractivity contribution in [3.8, 4) is 11.8 Å². The summed E-state index contributed by atoms with van der Waals surface area (Å²) in [5.41, 5.74) is 2.16. The third kappa shape index (κ3) is 7.49. The highest BCUT2D eigenvalue weighted by molar-refractivity contribution is 7.92. The Morgan fingerprint density at radius 1 is 1.03 bits per heavy atom. The quantitative estimate of drug-likeness (QED) is 0.427. The number of hydrogen-bond acceptors (Lipinski definition) is 5. The second-order valence-corrected chi connectivity index (χ2v) is 9.06. The van der Waals surface area contributed by atoms with E-state index in [9.17, 15) is 13.5 Å². The standard InChI is InChI=1S/C26H26N2O4S/c27-18-7-10-22-9-4-5-14-26(22)32-19-17-24(29)16-15-21-8-6-11-23(20-21)28-33(30,31)25-12-2-1-3-13-25/h1-6,8-9,11-16,20,24,28-29H,7,10,17,19H2/b16-15+/t24-/m0/s1. The summed E-state index contributed by atoms with van der Waals surface area (Å²) in [5.74, 6) is 0.724. The molecule has 33 heavy (non-hydrogen) atoms. The number of hydrogen-bond donors (Lipinski definition) is 2.